The number of hydrogen-bond acceptors (Lipinski definition) is 6. The van der Waals surface area contributed by atoms with Crippen LogP contribution in [0.25, 0.3) is 11.0 Å². The van der Waals surface area contributed by atoms with E-state index in [1.54, 1.807) is 16.8 Å². The maximum atomic E-state index is 10.1. The summed E-state index contributed by atoms with van der Waals surface area (Å²) in [7, 11) is 0. The third-order valence-corrected chi connectivity index (χ3v) is 4.17. The van der Waals surface area contributed by atoms with E-state index >= 15 is 0 Å². The number of rotatable bonds is 2. The zero-order valence-corrected chi connectivity index (χ0v) is 12.0. The van der Waals surface area contributed by atoms with Gasteiger partial charge in [0.15, 0.2) is 6.23 Å². The second-order valence-corrected chi connectivity index (χ2v) is 5.30. The molecule has 0 aromatic carbocycles. The number of aromatic nitrogens is 3. The first-order valence-corrected chi connectivity index (χ1v) is 7.30. The lowest BCUT2D eigenvalue weighted by Crippen LogP contribution is -2.32. The number of nitrogens with two attached hydrogens (primary N) is 1. The van der Waals surface area contributed by atoms with Crippen LogP contribution in [0.2, 0.25) is 0 Å². The summed E-state index contributed by atoms with van der Waals surface area (Å²) in [6, 6.07) is 1.77. The molecule has 0 spiro atoms. The van der Waals surface area contributed by atoms with E-state index in [9.17, 15) is 10.2 Å². The molecular weight excluding hydrogens is 363 g/mol. The molecule has 1 aliphatic heterocycles. The molecule has 0 saturated carbocycles. The maximum absolute atomic E-state index is 10.1. The van der Waals surface area contributed by atoms with Crippen LogP contribution in [-0.4, -0.2) is 47.5 Å². The zero-order chi connectivity index (χ0) is 13.6. The van der Waals surface area contributed by atoms with Crippen molar-refractivity contribution in [2.24, 2.45) is 0 Å². The fraction of sp³-hybridized carbons (Fsp3) is 0.455. The van der Waals surface area contributed by atoms with Crippen LogP contribution in [-0.2, 0) is 4.74 Å². The molecule has 4 atom stereocenters. The Labute approximate surface area is 122 Å². The molecular formula is C11H13IN4O3. The van der Waals surface area contributed by atoms with Gasteiger partial charge in [-0.15, -0.1) is 0 Å². The van der Waals surface area contributed by atoms with Gasteiger partial charge in [0, 0.05) is 10.6 Å². The Morgan fingerprint density at radius 3 is 2.84 bits per heavy atom. The monoisotopic (exact) mass is 376 g/mol. The van der Waals surface area contributed by atoms with Crippen molar-refractivity contribution in [2.45, 2.75) is 24.5 Å². The van der Waals surface area contributed by atoms with Crippen LogP contribution in [0, 0.1) is 0 Å². The summed E-state index contributed by atoms with van der Waals surface area (Å²) in [5.74, 6) is 0.377. The minimum Gasteiger partial charge on any atom is -0.387 e. The van der Waals surface area contributed by atoms with Gasteiger partial charge in [-0.3, -0.25) is 0 Å². The van der Waals surface area contributed by atoms with Crippen LogP contribution in [0.4, 0.5) is 5.82 Å². The zero-order valence-electron chi connectivity index (χ0n) is 9.85. The number of alkyl halides is 1. The number of anilines is 1. The molecule has 102 valence electrons. The first-order valence-electron chi connectivity index (χ1n) is 5.78. The molecule has 1 aliphatic rings. The Hall–Kier alpha value is -0.970. The van der Waals surface area contributed by atoms with Gasteiger partial charge in [-0.1, -0.05) is 22.6 Å². The van der Waals surface area contributed by atoms with Crippen molar-refractivity contribution in [1.29, 1.82) is 0 Å². The summed E-state index contributed by atoms with van der Waals surface area (Å²) in [5.41, 5.74) is 6.35. The number of aliphatic hydroxyl groups is 2. The SMILES string of the molecule is Nc1ncnc2c1ccn2C1OC(CI)C(O)C1O. The number of nitrogens with zero attached hydrogens (tertiary/aromatic N) is 3. The Morgan fingerprint density at radius 1 is 1.37 bits per heavy atom. The Morgan fingerprint density at radius 2 is 2.16 bits per heavy atom. The quantitative estimate of drug-likeness (QED) is 0.506. The first-order chi connectivity index (χ1) is 9.13. The number of aliphatic hydroxyl groups excluding tert-OH is 2. The lowest BCUT2D eigenvalue weighted by molar-refractivity contribution is -0.0279. The molecule has 4 unspecified atom stereocenters. The molecule has 0 amide bonds. The van der Waals surface area contributed by atoms with Crippen molar-refractivity contribution in [1.82, 2.24) is 14.5 Å². The summed E-state index contributed by atoms with van der Waals surface area (Å²) in [4.78, 5) is 8.07. The Bertz CT molecular complexity index is 605. The standard InChI is InChI=1S/C11H13IN4O3/c12-3-6-7(17)8(18)11(19-6)16-2-1-5-9(13)14-4-15-10(5)16/h1-2,4,6-8,11,17-18H,3H2,(H2,13,14,15). The van der Waals surface area contributed by atoms with E-state index in [2.05, 4.69) is 32.6 Å². The van der Waals surface area contributed by atoms with E-state index in [4.69, 9.17) is 10.5 Å². The fourth-order valence-corrected chi connectivity index (χ4v) is 3.01. The van der Waals surface area contributed by atoms with Gasteiger partial charge in [0.25, 0.3) is 0 Å². The van der Waals surface area contributed by atoms with E-state index < -0.39 is 24.5 Å². The van der Waals surface area contributed by atoms with E-state index in [1.807, 2.05) is 0 Å². The van der Waals surface area contributed by atoms with Crippen molar-refractivity contribution >= 4 is 39.4 Å². The minimum absolute atomic E-state index is 0.377. The topological polar surface area (TPSA) is 106 Å². The molecule has 3 rings (SSSR count). The van der Waals surface area contributed by atoms with Crippen molar-refractivity contribution < 1.29 is 14.9 Å². The van der Waals surface area contributed by atoms with E-state index in [-0.39, 0.29) is 0 Å². The fourth-order valence-electron chi connectivity index (χ4n) is 2.28. The van der Waals surface area contributed by atoms with Gasteiger partial charge in [-0.2, -0.15) is 0 Å². The summed E-state index contributed by atoms with van der Waals surface area (Å²) < 4.78 is 7.96. The highest BCUT2D eigenvalue weighted by Gasteiger charge is 2.43. The molecule has 1 fully saturated rings. The van der Waals surface area contributed by atoms with Crippen molar-refractivity contribution in [2.75, 3.05) is 10.2 Å². The number of halogens is 1. The minimum atomic E-state index is -0.994. The Balaban J connectivity index is 2.04. The van der Waals surface area contributed by atoms with Crippen LogP contribution in [0.1, 0.15) is 6.23 Å². The van der Waals surface area contributed by atoms with Crippen LogP contribution in [0.3, 0.4) is 0 Å². The van der Waals surface area contributed by atoms with E-state index in [0.29, 0.717) is 21.3 Å². The lowest BCUT2D eigenvalue weighted by atomic mass is 10.1. The molecule has 2 aromatic heterocycles. The molecule has 4 N–H and O–H groups in total. The van der Waals surface area contributed by atoms with Crippen LogP contribution < -0.4 is 5.73 Å². The predicted molar refractivity (Wildman–Crippen MR) is 76.8 cm³/mol. The van der Waals surface area contributed by atoms with Gasteiger partial charge in [0.1, 0.15) is 30.0 Å². The first kappa shape index (κ1) is 13.0. The average Bonchev–Trinajstić information content (AvgIpc) is 2.94. The average molecular weight is 376 g/mol. The molecule has 0 radical (unpaired) electrons. The third kappa shape index (κ3) is 1.98. The Kier molecular flexibility index (Phi) is 3.33. The molecule has 7 nitrogen and oxygen atoms in total. The van der Waals surface area contributed by atoms with Crippen LogP contribution >= 0.6 is 22.6 Å². The molecule has 8 heteroatoms. The summed E-state index contributed by atoms with van der Waals surface area (Å²) in [5, 5.41) is 20.7. The smallest absolute Gasteiger partial charge is 0.164 e. The van der Waals surface area contributed by atoms with Gasteiger partial charge in [-0.05, 0) is 6.07 Å². The van der Waals surface area contributed by atoms with Crippen LogP contribution in [0.5, 0.6) is 0 Å². The summed E-state index contributed by atoms with van der Waals surface area (Å²) in [6.07, 6.45) is 0.136. The normalized spacial score (nSPS) is 31.1. The van der Waals surface area contributed by atoms with Gasteiger partial charge in [-0.25, -0.2) is 9.97 Å². The highest BCUT2D eigenvalue weighted by molar-refractivity contribution is 14.1. The molecule has 1 saturated heterocycles. The summed E-state index contributed by atoms with van der Waals surface area (Å²) >= 11 is 2.12. The molecule has 0 bridgehead atoms. The van der Waals surface area contributed by atoms with Gasteiger partial charge in [0.05, 0.1) is 11.5 Å². The highest BCUT2D eigenvalue weighted by Crippen LogP contribution is 2.33. The predicted octanol–water partition coefficient (Wildman–Crippen LogP) is 0.0677. The van der Waals surface area contributed by atoms with E-state index in [1.165, 1.54) is 6.33 Å². The van der Waals surface area contributed by atoms with Crippen molar-refractivity contribution in [3.63, 3.8) is 0 Å². The van der Waals surface area contributed by atoms with Gasteiger partial charge >= 0.3 is 0 Å². The number of fused-ring (bicyclic) bond motifs is 1. The molecule has 0 aliphatic carbocycles. The highest BCUT2D eigenvalue weighted by atomic mass is 127. The third-order valence-electron chi connectivity index (χ3n) is 3.30. The van der Waals surface area contributed by atoms with E-state index in [0.717, 1.165) is 0 Å². The largest absolute Gasteiger partial charge is 0.387 e. The van der Waals surface area contributed by atoms with Crippen molar-refractivity contribution in [3.05, 3.63) is 18.6 Å². The van der Waals surface area contributed by atoms with Crippen molar-refractivity contribution in [3.8, 4) is 0 Å². The summed E-state index contributed by atoms with van der Waals surface area (Å²) in [6.45, 7) is 0. The maximum Gasteiger partial charge on any atom is 0.164 e. The molecule has 3 heterocycles. The molecule has 2 aromatic rings. The number of ether oxygens (including phenoxy) is 1. The second-order valence-electron chi connectivity index (χ2n) is 4.42. The second kappa shape index (κ2) is 4.85. The number of hydrogen-bond donors (Lipinski definition) is 3. The lowest BCUT2D eigenvalue weighted by Gasteiger charge is -2.17. The van der Waals surface area contributed by atoms with Crippen LogP contribution in [0.15, 0.2) is 18.6 Å². The molecule has 19 heavy (non-hydrogen) atoms. The number of nitrogen functional groups attached to an aromatic ring is 1. The van der Waals surface area contributed by atoms with Gasteiger partial charge in [0.2, 0.25) is 0 Å². The van der Waals surface area contributed by atoms with Gasteiger partial charge < -0.3 is 25.3 Å².